The molecule has 3 N–H and O–H groups in total. The average molecular weight is 525 g/mol. The highest BCUT2D eigenvalue weighted by Crippen LogP contribution is 2.68. The summed E-state index contributed by atoms with van der Waals surface area (Å²) in [5.74, 6) is 3.18. The van der Waals surface area contributed by atoms with Gasteiger partial charge in [-0.1, -0.05) is 44.2 Å². The predicted octanol–water partition coefficient (Wildman–Crippen LogP) is 6.64. The summed E-state index contributed by atoms with van der Waals surface area (Å²) in [4.78, 5) is 17.4. The second-order valence-corrected chi connectivity index (χ2v) is 14.5. The van der Waals surface area contributed by atoms with E-state index in [1.807, 2.05) is 24.3 Å². The van der Waals surface area contributed by atoms with Gasteiger partial charge in [0.05, 0.1) is 22.4 Å². The first-order valence-electron chi connectivity index (χ1n) is 14.7. The molecule has 4 aliphatic carbocycles. The summed E-state index contributed by atoms with van der Waals surface area (Å²) in [6.07, 6.45) is 9.68. The third-order valence-corrected chi connectivity index (χ3v) is 12.7. The van der Waals surface area contributed by atoms with Gasteiger partial charge in [-0.05, 0) is 116 Å². The van der Waals surface area contributed by atoms with Crippen molar-refractivity contribution in [3.63, 3.8) is 0 Å². The second-order valence-electron chi connectivity index (χ2n) is 13.5. The van der Waals surface area contributed by atoms with E-state index in [0.29, 0.717) is 47.1 Å². The number of carbonyl (C=O) groups is 1. The standard InChI is InChI=1S/C31H44N2O3S/c1-18(8-11-27(36)33-29-32-24-6-4-5-7-26(24)37-29)21-9-10-22-28-23(13-15-31(21,22)3)30(2)14-12-20(34)16-19(30)17-25(28)35/h4-7,18-23,25,28,34-35H,8-17H2,1-3H3,(H,32,33,36). The number of fused-ring (bicyclic) bond motifs is 6. The van der Waals surface area contributed by atoms with E-state index < -0.39 is 0 Å². The number of hydrogen-bond donors (Lipinski definition) is 3. The molecule has 0 spiro atoms. The number of benzene rings is 1. The summed E-state index contributed by atoms with van der Waals surface area (Å²) in [5.41, 5.74) is 1.46. The van der Waals surface area contributed by atoms with Crippen LogP contribution in [0.3, 0.4) is 0 Å². The maximum Gasteiger partial charge on any atom is 0.226 e. The lowest BCUT2D eigenvalue weighted by Crippen LogP contribution is -2.58. The number of nitrogens with zero attached hydrogens (tertiary/aromatic N) is 1. The van der Waals surface area contributed by atoms with Crippen molar-refractivity contribution in [3.05, 3.63) is 24.3 Å². The fraction of sp³-hybridized carbons (Fsp3) is 0.742. The highest BCUT2D eigenvalue weighted by atomic mass is 32.1. The van der Waals surface area contributed by atoms with Crippen molar-refractivity contribution >= 4 is 32.6 Å². The molecular formula is C31H44N2O3S. The van der Waals surface area contributed by atoms with E-state index >= 15 is 0 Å². The molecule has 0 radical (unpaired) electrons. The van der Waals surface area contributed by atoms with Gasteiger partial charge in [-0.15, -0.1) is 0 Å². The molecule has 202 valence electrons. The van der Waals surface area contributed by atoms with Crippen LogP contribution < -0.4 is 5.32 Å². The number of amides is 1. The molecule has 1 amide bonds. The van der Waals surface area contributed by atoms with Crippen LogP contribution in [-0.2, 0) is 4.79 Å². The van der Waals surface area contributed by atoms with Gasteiger partial charge >= 0.3 is 0 Å². The van der Waals surface area contributed by atoms with Crippen LogP contribution in [0, 0.1) is 46.3 Å². The Kier molecular flexibility index (Phi) is 6.69. The first-order valence-corrected chi connectivity index (χ1v) is 15.5. The monoisotopic (exact) mass is 524 g/mol. The molecule has 10 atom stereocenters. The molecule has 4 aliphatic rings. The molecule has 2 aromatic rings. The maximum atomic E-state index is 12.8. The van der Waals surface area contributed by atoms with Crippen molar-refractivity contribution in [2.45, 2.75) is 97.2 Å². The lowest BCUT2D eigenvalue weighted by atomic mass is 9.43. The molecule has 5 nitrogen and oxygen atoms in total. The lowest BCUT2D eigenvalue weighted by molar-refractivity contribution is -0.174. The fourth-order valence-electron chi connectivity index (χ4n) is 9.84. The summed E-state index contributed by atoms with van der Waals surface area (Å²) < 4.78 is 1.10. The molecule has 1 heterocycles. The van der Waals surface area contributed by atoms with Crippen molar-refractivity contribution in [2.24, 2.45) is 46.3 Å². The van der Waals surface area contributed by atoms with Crippen LogP contribution >= 0.6 is 11.3 Å². The number of anilines is 1. The Morgan fingerprint density at radius 1 is 1.08 bits per heavy atom. The molecule has 0 bridgehead atoms. The van der Waals surface area contributed by atoms with Gasteiger partial charge in [0.25, 0.3) is 0 Å². The number of nitrogens with one attached hydrogen (secondary N) is 1. The third-order valence-electron chi connectivity index (χ3n) is 11.8. The van der Waals surface area contributed by atoms with Crippen LogP contribution in [0.2, 0.25) is 0 Å². The van der Waals surface area contributed by atoms with Crippen LogP contribution in [0.4, 0.5) is 5.13 Å². The topological polar surface area (TPSA) is 82.5 Å². The van der Waals surface area contributed by atoms with Crippen LogP contribution in [0.1, 0.15) is 85.0 Å². The van der Waals surface area contributed by atoms with Gasteiger partial charge in [0, 0.05) is 6.42 Å². The highest BCUT2D eigenvalue weighted by molar-refractivity contribution is 7.22. The van der Waals surface area contributed by atoms with Gasteiger partial charge in [-0.3, -0.25) is 4.79 Å². The van der Waals surface area contributed by atoms with Gasteiger partial charge in [0.1, 0.15) is 0 Å². The number of aliphatic hydroxyl groups excluding tert-OH is 2. The Labute approximate surface area is 225 Å². The Bertz CT molecular complexity index is 1120. The second kappa shape index (κ2) is 9.60. The van der Waals surface area contributed by atoms with Gasteiger partial charge < -0.3 is 15.5 Å². The summed E-state index contributed by atoms with van der Waals surface area (Å²) >= 11 is 1.54. The van der Waals surface area contributed by atoms with Crippen molar-refractivity contribution in [1.82, 2.24) is 4.98 Å². The Morgan fingerprint density at radius 3 is 2.65 bits per heavy atom. The first kappa shape index (κ1) is 25.8. The zero-order valence-electron chi connectivity index (χ0n) is 22.7. The Balaban J connectivity index is 1.10. The SMILES string of the molecule is CC(CCC(=O)Nc1nc2ccccc2s1)C1CCC2C3C(O)CC4CC(O)CCC4(C)C3CCC12C. The molecular weight excluding hydrogens is 480 g/mol. The minimum absolute atomic E-state index is 0.0652. The van der Waals surface area contributed by atoms with Crippen molar-refractivity contribution < 1.29 is 15.0 Å². The summed E-state index contributed by atoms with van der Waals surface area (Å²) in [6.45, 7) is 7.34. The van der Waals surface area contributed by atoms with E-state index in [2.05, 4.69) is 31.1 Å². The van der Waals surface area contributed by atoms with Crippen LogP contribution in [0.5, 0.6) is 0 Å². The quantitative estimate of drug-likeness (QED) is 0.409. The van der Waals surface area contributed by atoms with Crippen molar-refractivity contribution in [1.29, 1.82) is 0 Å². The number of para-hydroxylation sites is 1. The number of hydrogen-bond acceptors (Lipinski definition) is 5. The number of carbonyl (C=O) groups excluding carboxylic acids is 1. The van der Waals surface area contributed by atoms with E-state index in [1.165, 1.54) is 37.0 Å². The van der Waals surface area contributed by atoms with E-state index in [9.17, 15) is 15.0 Å². The molecule has 10 unspecified atom stereocenters. The van der Waals surface area contributed by atoms with Crippen LogP contribution in [0.25, 0.3) is 10.2 Å². The summed E-state index contributed by atoms with van der Waals surface area (Å²) in [7, 11) is 0. The van der Waals surface area contributed by atoms with E-state index in [1.54, 1.807) is 0 Å². The lowest BCUT2D eigenvalue weighted by Gasteiger charge is -2.62. The summed E-state index contributed by atoms with van der Waals surface area (Å²) in [6, 6.07) is 8.00. The molecule has 1 aromatic carbocycles. The van der Waals surface area contributed by atoms with E-state index in [0.717, 1.165) is 42.3 Å². The van der Waals surface area contributed by atoms with Gasteiger partial charge in [0.2, 0.25) is 5.91 Å². The number of aromatic nitrogens is 1. The normalized spacial score (nSPS) is 42.0. The fourth-order valence-corrected chi connectivity index (χ4v) is 10.7. The first-order chi connectivity index (χ1) is 17.7. The molecule has 6 heteroatoms. The summed E-state index contributed by atoms with van der Waals surface area (Å²) in [5, 5.41) is 25.5. The third kappa shape index (κ3) is 4.35. The number of aliphatic hydroxyl groups is 2. The molecule has 4 saturated carbocycles. The molecule has 0 saturated heterocycles. The molecule has 1 aromatic heterocycles. The van der Waals surface area contributed by atoms with Crippen molar-refractivity contribution in [2.75, 3.05) is 5.32 Å². The molecule has 6 rings (SSSR count). The van der Waals surface area contributed by atoms with E-state index in [-0.39, 0.29) is 28.9 Å². The van der Waals surface area contributed by atoms with Crippen molar-refractivity contribution in [3.8, 4) is 0 Å². The van der Waals surface area contributed by atoms with Gasteiger partial charge in [-0.25, -0.2) is 4.98 Å². The molecule has 0 aliphatic heterocycles. The minimum Gasteiger partial charge on any atom is -0.393 e. The zero-order chi connectivity index (χ0) is 25.9. The Morgan fingerprint density at radius 2 is 1.84 bits per heavy atom. The Hall–Kier alpha value is -1.50. The zero-order valence-corrected chi connectivity index (χ0v) is 23.5. The largest absolute Gasteiger partial charge is 0.393 e. The maximum absolute atomic E-state index is 12.8. The smallest absolute Gasteiger partial charge is 0.226 e. The number of rotatable bonds is 5. The molecule has 37 heavy (non-hydrogen) atoms. The molecule has 4 fully saturated rings. The minimum atomic E-state index is -0.230. The highest BCUT2D eigenvalue weighted by Gasteiger charge is 2.62. The van der Waals surface area contributed by atoms with Gasteiger partial charge in [0.15, 0.2) is 5.13 Å². The number of thiazole rings is 1. The van der Waals surface area contributed by atoms with E-state index in [4.69, 9.17) is 0 Å². The average Bonchev–Trinajstić information content (AvgIpc) is 3.43. The van der Waals surface area contributed by atoms with Gasteiger partial charge in [-0.2, -0.15) is 0 Å². The van der Waals surface area contributed by atoms with Crippen LogP contribution in [0.15, 0.2) is 24.3 Å². The van der Waals surface area contributed by atoms with Crippen LogP contribution in [-0.4, -0.2) is 33.3 Å². The predicted molar refractivity (Wildman–Crippen MR) is 149 cm³/mol.